The van der Waals surface area contributed by atoms with Gasteiger partial charge < -0.3 is 9.42 Å². The zero-order valence-electron chi connectivity index (χ0n) is 18.6. The Balaban J connectivity index is -0.000000364. The minimum atomic E-state index is -3.54. The summed E-state index contributed by atoms with van der Waals surface area (Å²) in [6.07, 6.45) is 10.6. The Labute approximate surface area is 180 Å². The Morgan fingerprint density at radius 3 is 1.73 bits per heavy atom. The van der Waals surface area contributed by atoms with E-state index in [4.69, 9.17) is 15.4 Å². The van der Waals surface area contributed by atoms with Crippen LogP contribution in [-0.2, 0) is 23.0 Å². The highest BCUT2D eigenvalue weighted by atomic mass is 31.2. The molecule has 30 heavy (non-hydrogen) atoms. The lowest BCUT2D eigenvalue weighted by Crippen LogP contribution is -1.83. The van der Waals surface area contributed by atoms with Gasteiger partial charge in [0.25, 0.3) is 0 Å². The van der Waals surface area contributed by atoms with Crippen LogP contribution in [0.5, 0.6) is 0 Å². The minimum Gasteiger partial charge on any atom is -0.324 e. The lowest BCUT2D eigenvalue weighted by molar-refractivity contribution is -0.206. The molecule has 1 unspecified atom stereocenters. The van der Waals surface area contributed by atoms with Gasteiger partial charge in [-0.05, 0) is 18.1 Å². The highest BCUT2D eigenvalue weighted by Gasteiger charge is 2.14. The molecule has 0 saturated carbocycles. The van der Waals surface area contributed by atoms with Gasteiger partial charge in [0, 0.05) is 20.4 Å². The van der Waals surface area contributed by atoms with E-state index < -0.39 is 15.2 Å². The lowest BCUT2D eigenvalue weighted by Gasteiger charge is -1.99. The van der Waals surface area contributed by atoms with Gasteiger partial charge in [-0.1, -0.05) is 87.9 Å². The molecule has 174 valence electrons. The van der Waals surface area contributed by atoms with E-state index >= 15 is 0 Å². The molecular formula is C20H36O8P2. The van der Waals surface area contributed by atoms with Crippen molar-refractivity contribution in [2.45, 2.75) is 33.6 Å². The van der Waals surface area contributed by atoms with Crippen molar-refractivity contribution in [2.75, 3.05) is 20.4 Å². The zero-order valence-corrected chi connectivity index (χ0v) is 20.4. The summed E-state index contributed by atoms with van der Waals surface area (Å²) in [4.78, 5) is 8.16. The smallest absolute Gasteiger partial charge is 0.324 e. The van der Waals surface area contributed by atoms with Crippen molar-refractivity contribution >= 4 is 20.8 Å². The summed E-state index contributed by atoms with van der Waals surface area (Å²) in [5.74, 6) is 0. The molecular weight excluding hydrogens is 430 g/mol. The largest absolute Gasteiger partial charge is 0.380 e. The molecule has 0 saturated heterocycles. The van der Waals surface area contributed by atoms with Crippen LogP contribution in [0.4, 0.5) is 0 Å². The van der Waals surface area contributed by atoms with Gasteiger partial charge in [-0.2, -0.15) is 9.35 Å². The number of hydrogen-bond donors (Lipinski definition) is 3. The molecule has 0 aromatic heterocycles. The van der Waals surface area contributed by atoms with Crippen molar-refractivity contribution in [3.63, 3.8) is 0 Å². The first-order chi connectivity index (χ1) is 14.0. The molecule has 0 aliphatic carbocycles. The highest BCUT2D eigenvalue weighted by Crippen LogP contribution is 2.40. The summed E-state index contributed by atoms with van der Waals surface area (Å²) in [6.45, 7) is 12.1. The van der Waals surface area contributed by atoms with Gasteiger partial charge in [0.1, 0.15) is 0 Å². The lowest BCUT2D eigenvalue weighted by atomic mass is 10.1. The molecule has 1 rings (SSSR count). The van der Waals surface area contributed by atoms with E-state index in [-0.39, 0.29) is 0 Å². The molecule has 0 fully saturated rings. The number of allylic oxidation sites excluding steroid dienone is 5. The van der Waals surface area contributed by atoms with Crippen molar-refractivity contribution < 1.29 is 38.4 Å². The van der Waals surface area contributed by atoms with Crippen molar-refractivity contribution in [1.82, 2.24) is 0 Å². The van der Waals surface area contributed by atoms with Gasteiger partial charge in [0.2, 0.25) is 0 Å². The van der Waals surface area contributed by atoms with Gasteiger partial charge in [0.15, 0.2) is 0 Å². The fourth-order valence-corrected chi connectivity index (χ4v) is 1.23. The molecule has 0 aliphatic heterocycles. The standard InChI is InChI=1S/C13H14.C4H10.C2H7O3P.CH5O5P/c1-3-8-12(9-4-2)13-10-6-5-7-11-13;1-3-4-2;1-5-6(2,3)4;1-7(4,5-2)6-3/h3-11H,1H2,2H3;3-4H2,1-2H3;1-2H3,(H,3,4);2-3H,1H3/b9-4-,12-8+;;;. The van der Waals surface area contributed by atoms with E-state index in [1.165, 1.54) is 31.1 Å². The van der Waals surface area contributed by atoms with Crippen LogP contribution >= 0.6 is 15.2 Å². The van der Waals surface area contributed by atoms with E-state index in [9.17, 15) is 9.13 Å². The summed E-state index contributed by atoms with van der Waals surface area (Å²) in [5, 5.41) is 15.1. The molecule has 3 N–H and O–H groups in total. The second-order valence-electron chi connectivity index (χ2n) is 5.64. The zero-order chi connectivity index (χ0) is 24.1. The fraction of sp³-hybridized carbons (Fsp3) is 0.400. The number of rotatable bonds is 7. The minimum absolute atomic E-state index is 0.910. The van der Waals surface area contributed by atoms with Gasteiger partial charge in [-0.3, -0.25) is 9.13 Å². The van der Waals surface area contributed by atoms with Crippen LogP contribution in [0.25, 0.3) is 5.57 Å². The van der Waals surface area contributed by atoms with E-state index in [2.05, 4.69) is 52.5 Å². The average Bonchev–Trinajstić information content (AvgIpc) is 2.75. The van der Waals surface area contributed by atoms with Crippen molar-refractivity contribution in [2.24, 2.45) is 0 Å². The van der Waals surface area contributed by atoms with Gasteiger partial charge in [-0.15, -0.1) is 0 Å². The Morgan fingerprint density at radius 2 is 1.50 bits per heavy atom. The summed E-state index contributed by atoms with van der Waals surface area (Å²) < 4.78 is 30.3. The molecule has 0 bridgehead atoms. The second kappa shape index (κ2) is 20.9. The predicted molar refractivity (Wildman–Crippen MR) is 124 cm³/mol. The Kier molecular flexibility index (Phi) is 23.2. The van der Waals surface area contributed by atoms with Gasteiger partial charge in [-0.25, -0.2) is 10.5 Å². The number of benzene rings is 1. The van der Waals surface area contributed by atoms with Crippen LogP contribution < -0.4 is 0 Å². The first-order valence-electron chi connectivity index (χ1n) is 9.09. The molecule has 10 heteroatoms. The number of hydrogen-bond acceptors (Lipinski definition) is 7. The maximum atomic E-state index is 10.0. The summed E-state index contributed by atoms with van der Waals surface area (Å²) in [7, 11) is -5.49. The molecule has 1 atom stereocenters. The molecule has 0 heterocycles. The van der Waals surface area contributed by atoms with Crippen LogP contribution in [0, 0.1) is 0 Å². The SMILES string of the molecule is C=C/C=C(\C=C/C)c1ccccc1.CCCC.COP(C)(=O)O.CP(=O)(OO)OO. The third kappa shape index (κ3) is 24.7. The van der Waals surface area contributed by atoms with Crippen molar-refractivity contribution in [1.29, 1.82) is 0 Å². The first-order valence-corrected chi connectivity index (χ1v) is 13.1. The van der Waals surface area contributed by atoms with Crippen molar-refractivity contribution in [3.8, 4) is 0 Å². The van der Waals surface area contributed by atoms with E-state index in [1.54, 1.807) is 0 Å². The first kappa shape index (κ1) is 33.3. The Bertz CT molecular complexity index is 671. The average molecular weight is 466 g/mol. The Hall–Kier alpha value is -1.34. The predicted octanol–water partition coefficient (Wildman–Crippen LogP) is 6.88. The topological polar surface area (TPSA) is 123 Å². The second-order valence-corrected chi connectivity index (χ2v) is 9.48. The van der Waals surface area contributed by atoms with E-state index in [1.807, 2.05) is 43.4 Å². The quantitative estimate of drug-likeness (QED) is 0.172. The molecule has 0 aliphatic rings. The summed E-state index contributed by atoms with van der Waals surface area (Å²) >= 11 is 0. The summed E-state index contributed by atoms with van der Waals surface area (Å²) in [5.41, 5.74) is 2.42. The third-order valence-corrected chi connectivity index (χ3v) is 4.16. The van der Waals surface area contributed by atoms with Crippen LogP contribution in [0.1, 0.15) is 39.2 Å². The van der Waals surface area contributed by atoms with Gasteiger partial charge >= 0.3 is 15.2 Å². The van der Waals surface area contributed by atoms with E-state index in [0.29, 0.717) is 0 Å². The maximum absolute atomic E-state index is 10.0. The monoisotopic (exact) mass is 466 g/mol. The summed E-state index contributed by atoms with van der Waals surface area (Å²) in [6, 6.07) is 10.3. The molecule has 8 nitrogen and oxygen atoms in total. The third-order valence-electron chi connectivity index (χ3n) is 2.89. The maximum Gasteiger partial charge on any atom is 0.380 e. The van der Waals surface area contributed by atoms with Crippen molar-refractivity contribution in [3.05, 3.63) is 66.8 Å². The van der Waals surface area contributed by atoms with Gasteiger partial charge in [0.05, 0.1) is 0 Å². The highest BCUT2D eigenvalue weighted by molar-refractivity contribution is 7.52. The van der Waals surface area contributed by atoms with Crippen LogP contribution in [0.3, 0.4) is 0 Å². The van der Waals surface area contributed by atoms with Crippen LogP contribution in [0.2, 0.25) is 0 Å². The molecule has 1 aromatic carbocycles. The van der Waals surface area contributed by atoms with Crippen LogP contribution in [0.15, 0.2) is 61.2 Å². The molecule has 1 aromatic rings. The number of unbranched alkanes of at least 4 members (excludes halogenated alkanes) is 1. The molecule has 0 amide bonds. The Morgan fingerprint density at radius 1 is 1.07 bits per heavy atom. The normalized spacial score (nSPS) is 12.9. The van der Waals surface area contributed by atoms with Crippen LogP contribution in [-0.4, -0.2) is 35.8 Å². The molecule has 0 spiro atoms. The molecule has 0 radical (unpaired) electrons. The van der Waals surface area contributed by atoms with E-state index in [0.717, 1.165) is 13.3 Å². The fourth-order valence-electron chi connectivity index (χ4n) is 1.20.